The molecule has 2 aromatic carbocycles. The van der Waals surface area contributed by atoms with Crippen molar-refractivity contribution in [1.29, 1.82) is 0 Å². The highest BCUT2D eigenvalue weighted by Gasteiger charge is 2.18. The van der Waals surface area contributed by atoms with Gasteiger partial charge in [-0.1, -0.05) is 11.6 Å². The Morgan fingerprint density at radius 3 is 2.43 bits per heavy atom. The molecule has 0 saturated heterocycles. The lowest BCUT2D eigenvalue weighted by Gasteiger charge is -2.12. The van der Waals surface area contributed by atoms with Crippen LogP contribution in [0.25, 0.3) is 11.3 Å². The smallest absolute Gasteiger partial charge is 0.253 e. The lowest BCUT2D eigenvalue weighted by atomic mass is 10.1. The van der Waals surface area contributed by atoms with Crippen LogP contribution >= 0.6 is 11.6 Å². The lowest BCUT2D eigenvalue weighted by molar-refractivity contribution is 0.415. The van der Waals surface area contributed by atoms with Crippen LogP contribution in [0.3, 0.4) is 0 Å². The summed E-state index contributed by atoms with van der Waals surface area (Å²) < 4.78 is 34.2. The molecule has 1 N–H and O–H groups in total. The fourth-order valence-electron chi connectivity index (χ4n) is 2.94. The van der Waals surface area contributed by atoms with Crippen LogP contribution in [-0.4, -0.2) is 31.6 Å². The van der Waals surface area contributed by atoms with Crippen LogP contribution in [-0.2, 0) is 16.6 Å². The number of halogens is 1. The first-order valence-corrected chi connectivity index (χ1v) is 11.0. The minimum absolute atomic E-state index is 0.0485. The van der Waals surface area contributed by atoms with Crippen LogP contribution in [0.15, 0.2) is 58.5 Å². The van der Waals surface area contributed by atoms with E-state index in [0.717, 1.165) is 5.56 Å². The summed E-state index contributed by atoms with van der Waals surface area (Å²) in [5.74, 6) is 0.713. The molecular weight excluding hydrogens is 426 g/mol. The number of nitrogens with zero attached hydrogens (tertiary/aromatic N) is 2. The van der Waals surface area contributed by atoms with Gasteiger partial charge in [0.05, 0.1) is 24.0 Å². The van der Waals surface area contributed by atoms with Gasteiger partial charge in [-0.05, 0) is 61.4 Å². The molecule has 0 aliphatic carbocycles. The first-order valence-electron chi connectivity index (χ1n) is 9.18. The number of benzene rings is 2. The van der Waals surface area contributed by atoms with Gasteiger partial charge in [0.2, 0.25) is 10.0 Å². The predicted molar refractivity (Wildman–Crippen MR) is 117 cm³/mol. The fraction of sp³-hybridized carbons (Fsp3) is 0.238. The topological polar surface area (TPSA) is 90.3 Å². The van der Waals surface area contributed by atoms with Crippen molar-refractivity contribution >= 4 is 21.6 Å². The maximum atomic E-state index is 12.6. The Balaban J connectivity index is 1.70. The largest absolute Gasteiger partial charge is 0.497 e. The van der Waals surface area contributed by atoms with Crippen LogP contribution in [0.1, 0.15) is 11.1 Å². The number of aromatic nitrogens is 2. The van der Waals surface area contributed by atoms with Gasteiger partial charge in [0.25, 0.3) is 5.56 Å². The quantitative estimate of drug-likeness (QED) is 0.600. The zero-order valence-corrected chi connectivity index (χ0v) is 18.4. The first-order chi connectivity index (χ1) is 14.2. The monoisotopic (exact) mass is 447 g/mol. The molecule has 158 valence electrons. The standard InChI is InChI=1S/C21H22ClN3O4S/c1-14-11-20(15(2)10-18(14)22)30(27,28)24-8-9-25-13-23-19(12-21(25)26)16-4-6-17(29-3)7-5-16/h4-7,10-13,24H,8-9H2,1-3H3. The van der Waals surface area contributed by atoms with Gasteiger partial charge in [-0.15, -0.1) is 0 Å². The maximum absolute atomic E-state index is 12.6. The lowest BCUT2D eigenvalue weighted by Crippen LogP contribution is -2.31. The Morgan fingerprint density at radius 1 is 1.10 bits per heavy atom. The molecule has 0 saturated carbocycles. The van der Waals surface area contributed by atoms with Gasteiger partial charge in [-0.25, -0.2) is 18.1 Å². The molecule has 3 rings (SSSR count). The molecule has 3 aromatic rings. The minimum atomic E-state index is -3.73. The third-order valence-electron chi connectivity index (χ3n) is 4.66. The molecule has 30 heavy (non-hydrogen) atoms. The normalized spacial score (nSPS) is 11.5. The molecule has 1 heterocycles. The third-order valence-corrected chi connectivity index (χ3v) is 6.67. The molecule has 0 fully saturated rings. The summed E-state index contributed by atoms with van der Waals surface area (Å²) in [6.45, 7) is 3.63. The molecule has 0 aliphatic heterocycles. The van der Waals surface area contributed by atoms with E-state index in [9.17, 15) is 13.2 Å². The second-order valence-electron chi connectivity index (χ2n) is 6.80. The summed E-state index contributed by atoms with van der Waals surface area (Å²) >= 11 is 6.04. The predicted octanol–water partition coefficient (Wildman–Crippen LogP) is 3.17. The number of hydrogen-bond donors (Lipinski definition) is 1. The Morgan fingerprint density at radius 2 is 1.80 bits per heavy atom. The van der Waals surface area contributed by atoms with Crippen molar-refractivity contribution in [2.75, 3.05) is 13.7 Å². The summed E-state index contributed by atoms with van der Waals surface area (Å²) in [4.78, 5) is 16.9. The van der Waals surface area contributed by atoms with Crippen molar-refractivity contribution in [3.05, 3.63) is 75.3 Å². The molecule has 0 aliphatic rings. The number of nitrogens with one attached hydrogen (secondary N) is 1. The number of hydrogen-bond acceptors (Lipinski definition) is 5. The molecule has 7 nitrogen and oxygen atoms in total. The van der Waals surface area contributed by atoms with Gasteiger partial charge in [0.1, 0.15) is 5.75 Å². The second kappa shape index (κ2) is 8.99. The number of rotatable bonds is 7. The highest BCUT2D eigenvalue weighted by atomic mass is 35.5. The van der Waals surface area contributed by atoms with E-state index >= 15 is 0 Å². The van der Waals surface area contributed by atoms with Gasteiger partial charge >= 0.3 is 0 Å². The molecule has 0 bridgehead atoms. The highest BCUT2D eigenvalue weighted by Crippen LogP contribution is 2.23. The molecular formula is C21H22ClN3O4S. The van der Waals surface area contributed by atoms with E-state index in [1.54, 1.807) is 39.2 Å². The summed E-state index contributed by atoms with van der Waals surface area (Å²) in [6, 6.07) is 11.8. The zero-order valence-electron chi connectivity index (χ0n) is 16.8. The fourth-order valence-corrected chi connectivity index (χ4v) is 4.48. The van der Waals surface area contributed by atoms with E-state index in [1.165, 1.54) is 23.0 Å². The number of methoxy groups -OCH3 is 1. The van der Waals surface area contributed by atoms with E-state index in [1.807, 2.05) is 12.1 Å². The van der Waals surface area contributed by atoms with Crippen molar-refractivity contribution < 1.29 is 13.2 Å². The van der Waals surface area contributed by atoms with Crippen molar-refractivity contribution in [2.24, 2.45) is 0 Å². The molecule has 9 heteroatoms. The highest BCUT2D eigenvalue weighted by molar-refractivity contribution is 7.89. The number of sulfonamides is 1. The van der Waals surface area contributed by atoms with Gasteiger partial charge in [-0.2, -0.15) is 0 Å². The molecule has 0 spiro atoms. The van der Waals surface area contributed by atoms with Crippen LogP contribution < -0.4 is 15.0 Å². The number of ether oxygens (including phenoxy) is 1. The third kappa shape index (κ3) is 4.89. The minimum Gasteiger partial charge on any atom is -0.497 e. The van der Waals surface area contributed by atoms with Crippen molar-refractivity contribution in [2.45, 2.75) is 25.3 Å². The van der Waals surface area contributed by atoms with Crippen molar-refractivity contribution in [3.63, 3.8) is 0 Å². The Hall–Kier alpha value is -2.68. The summed E-state index contributed by atoms with van der Waals surface area (Å²) in [5, 5.41) is 0.515. The van der Waals surface area contributed by atoms with E-state index in [4.69, 9.17) is 16.3 Å². The maximum Gasteiger partial charge on any atom is 0.253 e. The van der Waals surface area contributed by atoms with Gasteiger partial charge < -0.3 is 4.74 Å². The zero-order chi connectivity index (χ0) is 21.9. The Bertz CT molecular complexity index is 1220. The average Bonchev–Trinajstić information content (AvgIpc) is 2.71. The first kappa shape index (κ1) is 22.0. The summed E-state index contributed by atoms with van der Waals surface area (Å²) in [5.41, 5.74) is 2.28. The Labute approximate surface area is 180 Å². The van der Waals surface area contributed by atoms with E-state index in [-0.39, 0.29) is 23.5 Å². The van der Waals surface area contributed by atoms with Crippen molar-refractivity contribution in [3.8, 4) is 17.0 Å². The van der Waals surface area contributed by atoms with Crippen LogP contribution in [0, 0.1) is 13.8 Å². The average molecular weight is 448 g/mol. The Kier molecular flexibility index (Phi) is 6.60. The van der Waals surface area contributed by atoms with Gasteiger partial charge in [0, 0.05) is 29.7 Å². The van der Waals surface area contributed by atoms with Crippen molar-refractivity contribution in [1.82, 2.24) is 14.3 Å². The van der Waals surface area contributed by atoms with Crippen LogP contribution in [0.4, 0.5) is 0 Å². The molecule has 0 amide bonds. The SMILES string of the molecule is COc1ccc(-c2cc(=O)n(CCNS(=O)(=O)c3cc(C)c(Cl)cc3C)cn2)cc1. The second-order valence-corrected chi connectivity index (χ2v) is 8.94. The van der Waals surface area contributed by atoms with Crippen LogP contribution in [0.5, 0.6) is 5.75 Å². The number of aryl methyl sites for hydroxylation is 2. The summed E-state index contributed by atoms with van der Waals surface area (Å²) in [7, 11) is -2.15. The van der Waals surface area contributed by atoms with Crippen LogP contribution in [0.2, 0.25) is 5.02 Å². The van der Waals surface area contributed by atoms with Gasteiger partial charge in [0.15, 0.2) is 0 Å². The van der Waals surface area contributed by atoms with E-state index in [2.05, 4.69) is 9.71 Å². The van der Waals surface area contributed by atoms with E-state index in [0.29, 0.717) is 27.6 Å². The summed E-state index contributed by atoms with van der Waals surface area (Å²) in [6.07, 6.45) is 1.41. The van der Waals surface area contributed by atoms with Gasteiger partial charge in [-0.3, -0.25) is 9.36 Å². The molecule has 0 unspecified atom stereocenters. The molecule has 0 radical (unpaired) electrons. The molecule has 0 atom stereocenters. The molecule has 1 aromatic heterocycles. The van der Waals surface area contributed by atoms with E-state index < -0.39 is 10.0 Å².